The van der Waals surface area contributed by atoms with Crippen LogP contribution in [0.15, 0.2) is 70.7 Å². The van der Waals surface area contributed by atoms with Crippen molar-refractivity contribution in [2.24, 2.45) is 0 Å². The minimum atomic E-state index is -0.0465. The first-order valence-corrected chi connectivity index (χ1v) is 13.6. The number of anilines is 3. The van der Waals surface area contributed by atoms with E-state index < -0.39 is 0 Å². The summed E-state index contributed by atoms with van der Waals surface area (Å²) in [6, 6.07) is 17.8. The molecule has 0 radical (unpaired) electrons. The molecule has 1 fully saturated rings. The number of hydrogen-bond acceptors (Lipinski definition) is 7. The molecule has 0 unspecified atom stereocenters. The first kappa shape index (κ1) is 25.0. The summed E-state index contributed by atoms with van der Waals surface area (Å²) >= 11 is 1.60. The molecule has 4 aromatic rings. The Hall–Kier alpha value is -3.65. The van der Waals surface area contributed by atoms with E-state index in [2.05, 4.69) is 34.4 Å². The molecule has 5 rings (SSSR count). The van der Waals surface area contributed by atoms with Crippen molar-refractivity contribution in [3.8, 4) is 0 Å². The van der Waals surface area contributed by atoms with Gasteiger partial charge in [0.05, 0.1) is 11.1 Å². The summed E-state index contributed by atoms with van der Waals surface area (Å²) in [6.07, 6.45) is 7.19. The zero-order valence-electron chi connectivity index (χ0n) is 21.2. The van der Waals surface area contributed by atoms with E-state index in [1.807, 2.05) is 54.6 Å². The normalized spacial score (nSPS) is 14.1. The van der Waals surface area contributed by atoms with Gasteiger partial charge in [-0.15, -0.1) is 0 Å². The van der Waals surface area contributed by atoms with Crippen LogP contribution in [0, 0.1) is 0 Å². The van der Waals surface area contributed by atoms with Gasteiger partial charge in [-0.1, -0.05) is 44.9 Å². The SMILES string of the molecule is CC(C)c1ccc2c(Nc3cc(C(=O)NC4CCCCC4)ccc3Sc3ccc(N)cc3)ncnc2n1. The van der Waals surface area contributed by atoms with E-state index in [4.69, 9.17) is 10.7 Å². The Morgan fingerprint density at radius 1 is 1.00 bits per heavy atom. The van der Waals surface area contributed by atoms with E-state index in [9.17, 15) is 4.79 Å². The number of benzene rings is 2. The van der Waals surface area contributed by atoms with E-state index in [1.165, 1.54) is 25.6 Å². The first-order chi connectivity index (χ1) is 18.0. The number of nitrogens with two attached hydrogens (primary N) is 1. The minimum Gasteiger partial charge on any atom is -0.399 e. The number of carbonyl (C=O) groups is 1. The molecule has 1 saturated carbocycles. The third kappa shape index (κ3) is 6.02. The largest absolute Gasteiger partial charge is 0.399 e. The molecule has 0 bridgehead atoms. The minimum absolute atomic E-state index is 0.0465. The van der Waals surface area contributed by atoms with Gasteiger partial charge in [0.25, 0.3) is 5.91 Å². The van der Waals surface area contributed by atoms with Gasteiger partial charge in [0.2, 0.25) is 0 Å². The number of nitrogens with zero attached hydrogens (tertiary/aromatic N) is 3. The quantitative estimate of drug-likeness (QED) is 0.237. The number of aromatic nitrogens is 3. The number of fused-ring (bicyclic) bond motifs is 1. The lowest BCUT2D eigenvalue weighted by Gasteiger charge is -2.23. The van der Waals surface area contributed by atoms with Crippen LogP contribution >= 0.6 is 11.8 Å². The zero-order valence-corrected chi connectivity index (χ0v) is 22.0. The van der Waals surface area contributed by atoms with Gasteiger partial charge in [-0.05, 0) is 73.4 Å². The fourth-order valence-electron chi connectivity index (χ4n) is 4.54. The average Bonchev–Trinajstić information content (AvgIpc) is 2.91. The van der Waals surface area contributed by atoms with E-state index in [0.717, 1.165) is 45.1 Å². The maximum Gasteiger partial charge on any atom is 0.251 e. The number of nitrogens with one attached hydrogen (secondary N) is 2. The Morgan fingerprint density at radius 3 is 2.54 bits per heavy atom. The second kappa shape index (κ2) is 11.2. The number of hydrogen-bond donors (Lipinski definition) is 3. The summed E-state index contributed by atoms with van der Waals surface area (Å²) < 4.78 is 0. The molecule has 1 amide bonds. The highest BCUT2D eigenvalue weighted by Crippen LogP contribution is 2.37. The molecule has 1 aliphatic carbocycles. The van der Waals surface area contributed by atoms with Crippen LogP contribution in [0.4, 0.5) is 17.2 Å². The number of pyridine rings is 1. The molecular weight excluding hydrogens is 480 g/mol. The molecular formula is C29H32N6OS. The molecule has 4 N–H and O–H groups in total. The summed E-state index contributed by atoms with van der Waals surface area (Å²) in [5.41, 5.74) is 9.64. The summed E-state index contributed by atoms with van der Waals surface area (Å²) in [6.45, 7) is 4.22. The fraction of sp³-hybridized carbons (Fsp3) is 0.310. The maximum atomic E-state index is 13.1. The zero-order chi connectivity index (χ0) is 25.8. The summed E-state index contributed by atoms with van der Waals surface area (Å²) in [7, 11) is 0. The Kier molecular flexibility index (Phi) is 7.55. The monoisotopic (exact) mass is 512 g/mol. The standard InChI is InChI=1S/C29H32N6OS/c1-18(2)24-14-13-23-27(34-24)31-17-32-28(23)35-25-16-19(29(36)33-21-6-4-3-5-7-21)8-15-26(25)37-22-11-9-20(30)10-12-22/h8-18,21H,3-7,30H2,1-2H3,(H,33,36)(H,31,32,34,35). The van der Waals surface area contributed by atoms with Crippen LogP contribution in [0.3, 0.4) is 0 Å². The number of amides is 1. The van der Waals surface area contributed by atoms with Crippen molar-refractivity contribution < 1.29 is 4.79 Å². The van der Waals surface area contributed by atoms with Gasteiger partial charge < -0.3 is 16.4 Å². The van der Waals surface area contributed by atoms with E-state index in [0.29, 0.717) is 22.9 Å². The van der Waals surface area contributed by atoms with Crippen molar-refractivity contribution in [3.63, 3.8) is 0 Å². The lowest BCUT2D eigenvalue weighted by atomic mass is 9.95. The van der Waals surface area contributed by atoms with E-state index in [1.54, 1.807) is 11.8 Å². The Morgan fingerprint density at radius 2 is 1.78 bits per heavy atom. The molecule has 190 valence electrons. The molecule has 8 heteroatoms. The van der Waals surface area contributed by atoms with Crippen molar-refractivity contribution in [3.05, 3.63) is 72.2 Å². The highest BCUT2D eigenvalue weighted by molar-refractivity contribution is 7.99. The van der Waals surface area contributed by atoms with Gasteiger partial charge in [-0.25, -0.2) is 15.0 Å². The van der Waals surface area contributed by atoms with Gasteiger partial charge in [0, 0.05) is 32.8 Å². The molecule has 0 saturated heterocycles. The second-order valence-corrected chi connectivity index (χ2v) is 10.9. The third-order valence-electron chi connectivity index (χ3n) is 6.65. The summed E-state index contributed by atoms with van der Waals surface area (Å²) in [4.78, 5) is 28.8. The van der Waals surface area contributed by atoms with Crippen LogP contribution in [-0.4, -0.2) is 26.9 Å². The van der Waals surface area contributed by atoms with E-state index >= 15 is 0 Å². The molecule has 2 heterocycles. The molecule has 0 atom stereocenters. The summed E-state index contributed by atoms with van der Waals surface area (Å²) in [5, 5.41) is 7.53. The highest BCUT2D eigenvalue weighted by Gasteiger charge is 2.18. The van der Waals surface area contributed by atoms with Crippen LogP contribution in [0.25, 0.3) is 11.0 Å². The molecule has 1 aliphatic rings. The van der Waals surface area contributed by atoms with Crippen molar-refractivity contribution in [2.75, 3.05) is 11.1 Å². The van der Waals surface area contributed by atoms with Crippen molar-refractivity contribution in [1.82, 2.24) is 20.3 Å². The predicted octanol–water partition coefficient (Wildman–Crippen LogP) is 6.69. The second-order valence-electron chi connectivity index (χ2n) is 9.80. The van der Waals surface area contributed by atoms with Gasteiger partial charge in [-0.2, -0.15) is 0 Å². The third-order valence-corrected chi connectivity index (χ3v) is 7.74. The number of nitrogen functional groups attached to an aromatic ring is 1. The van der Waals surface area contributed by atoms with Gasteiger partial charge in [-0.3, -0.25) is 4.79 Å². The highest BCUT2D eigenvalue weighted by atomic mass is 32.2. The first-order valence-electron chi connectivity index (χ1n) is 12.8. The molecule has 0 aliphatic heterocycles. The molecule has 37 heavy (non-hydrogen) atoms. The summed E-state index contributed by atoms with van der Waals surface area (Å²) in [5.74, 6) is 0.907. The van der Waals surface area contributed by atoms with Crippen molar-refractivity contribution in [1.29, 1.82) is 0 Å². The smallest absolute Gasteiger partial charge is 0.251 e. The van der Waals surface area contributed by atoms with Gasteiger partial charge in [0.15, 0.2) is 5.65 Å². The molecule has 0 spiro atoms. The molecule has 2 aromatic carbocycles. The Bertz CT molecular complexity index is 1400. The number of carbonyl (C=O) groups excluding carboxylic acids is 1. The maximum absolute atomic E-state index is 13.1. The lowest BCUT2D eigenvalue weighted by Crippen LogP contribution is -2.36. The van der Waals surface area contributed by atoms with Crippen LogP contribution in [0.5, 0.6) is 0 Å². The van der Waals surface area contributed by atoms with Gasteiger partial charge >= 0.3 is 0 Å². The van der Waals surface area contributed by atoms with E-state index in [-0.39, 0.29) is 11.9 Å². The van der Waals surface area contributed by atoms with Crippen LogP contribution in [-0.2, 0) is 0 Å². The van der Waals surface area contributed by atoms with Crippen molar-refractivity contribution in [2.45, 2.75) is 67.7 Å². The van der Waals surface area contributed by atoms with Crippen molar-refractivity contribution >= 4 is 45.9 Å². The van der Waals surface area contributed by atoms with Crippen LogP contribution in [0.2, 0.25) is 0 Å². The van der Waals surface area contributed by atoms with Crippen LogP contribution < -0.4 is 16.4 Å². The average molecular weight is 513 g/mol. The molecule has 7 nitrogen and oxygen atoms in total. The molecule has 2 aromatic heterocycles. The topological polar surface area (TPSA) is 106 Å². The Labute approximate surface area is 221 Å². The fourth-order valence-corrected chi connectivity index (χ4v) is 5.42. The Balaban J connectivity index is 1.48. The van der Waals surface area contributed by atoms with Gasteiger partial charge in [0.1, 0.15) is 12.1 Å². The predicted molar refractivity (Wildman–Crippen MR) is 150 cm³/mol. The number of rotatable bonds is 7. The van der Waals surface area contributed by atoms with Crippen LogP contribution in [0.1, 0.15) is 67.9 Å². The lowest BCUT2D eigenvalue weighted by molar-refractivity contribution is 0.0927.